The van der Waals surface area contributed by atoms with E-state index >= 15 is 0 Å². The standard InChI is InChI=1S/C18H34N4O2S2/c1-2-19-17(21-10-8-18(16-21)6-4-3-5-7-18)20-9-15-26(23,24)22-11-13-25-14-12-22/h2-16H2,1H3,(H,19,20). The molecule has 0 aromatic carbocycles. The highest BCUT2D eigenvalue weighted by Crippen LogP contribution is 2.43. The van der Waals surface area contributed by atoms with Gasteiger partial charge in [-0.25, -0.2) is 12.7 Å². The molecule has 3 aliphatic rings. The average molecular weight is 403 g/mol. The fourth-order valence-electron chi connectivity index (χ4n) is 4.47. The second-order valence-corrected chi connectivity index (χ2v) is 11.1. The van der Waals surface area contributed by atoms with Gasteiger partial charge in [-0.3, -0.25) is 4.99 Å². The molecule has 0 unspecified atom stereocenters. The van der Waals surface area contributed by atoms with Crippen LogP contribution in [-0.4, -0.2) is 80.1 Å². The van der Waals surface area contributed by atoms with E-state index in [1.807, 2.05) is 11.8 Å². The fourth-order valence-corrected chi connectivity index (χ4v) is 6.93. The van der Waals surface area contributed by atoms with Crippen molar-refractivity contribution in [1.29, 1.82) is 0 Å². The van der Waals surface area contributed by atoms with Gasteiger partial charge in [0.15, 0.2) is 5.96 Å². The molecule has 3 rings (SSSR count). The van der Waals surface area contributed by atoms with Gasteiger partial charge in [0.05, 0.1) is 12.3 Å². The Balaban J connectivity index is 1.57. The van der Waals surface area contributed by atoms with E-state index in [9.17, 15) is 8.42 Å². The van der Waals surface area contributed by atoms with E-state index in [0.717, 1.165) is 37.1 Å². The van der Waals surface area contributed by atoms with Gasteiger partial charge in [-0.2, -0.15) is 11.8 Å². The zero-order valence-electron chi connectivity index (χ0n) is 16.1. The van der Waals surface area contributed by atoms with Crippen molar-refractivity contribution in [3.8, 4) is 0 Å². The zero-order valence-corrected chi connectivity index (χ0v) is 17.7. The maximum absolute atomic E-state index is 12.5. The van der Waals surface area contributed by atoms with E-state index in [2.05, 4.69) is 22.1 Å². The fraction of sp³-hybridized carbons (Fsp3) is 0.944. The van der Waals surface area contributed by atoms with E-state index in [-0.39, 0.29) is 5.75 Å². The van der Waals surface area contributed by atoms with Gasteiger partial charge in [0.1, 0.15) is 0 Å². The number of guanidine groups is 1. The lowest BCUT2D eigenvalue weighted by Crippen LogP contribution is -2.42. The molecule has 0 aromatic heterocycles. The number of sulfonamides is 1. The van der Waals surface area contributed by atoms with Gasteiger partial charge in [-0.1, -0.05) is 19.3 Å². The average Bonchev–Trinajstić information content (AvgIpc) is 3.05. The molecule has 150 valence electrons. The van der Waals surface area contributed by atoms with Crippen LogP contribution in [0.5, 0.6) is 0 Å². The topological polar surface area (TPSA) is 65.0 Å². The van der Waals surface area contributed by atoms with Crippen molar-refractivity contribution in [2.45, 2.75) is 45.4 Å². The van der Waals surface area contributed by atoms with Crippen molar-refractivity contribution in [3.63, 3.8) is 0 Å². The number of hydrogen-bond acceptors (Lipinski definition) is 4. The maximum Gasteiger partial charge on any atom is 0.215 e. The van der Waals surface area contributed by atoms with Crippen molar-refractivity contribution in [1.82, 2.24) is 14.5 Å². The molecule has 1 N–H and O–H groups in total. The summed E-state index contributed by atoms with van der Waals surface area (Å²) in [5.74, 6) is 2.83. The van der Waals surface area contributed by atoms with Gasteiger partial charge >= 0.3 is 0 Å². The van der Waals surface area contributed by atoms with Crippen LogP contribution in [0.15, 0.2) is 4.99 Å². The van der Waals surface area contributed by atoms with Crippen LogP contribution >= 0.6 is 11.8 Å². The Morgan fingerprint density at radius 1 is 1.12 bits per heavy atom. The first-order valence-corrected chi connectivity index (χ1v) is 12.9. The van der Waals surface area contributed by atoms with E-state index < -0.39 is 10.0 Å². The highest BCUT2D eigenvalue weighted by molar-refractivity contribution is 7.99. The number of rotatable bonds is 5. The van der Waals surface area contributed by atoms with Crippen molar-refractivity contribution >= 4 is 27.7 Å². The molecule has 2 aliphatic heterocycles. The number of likely N-dealkylation sites (tertiary alicyclic amines) is 1. The van der Waals surface area contributed by atoms with E-state index in [4.69, 9.17) is 0 Å². The molecule has 2 saturated heterocycles. The lowest BCUT2D eigenvalue weighted by Gasteiger charge is -2.33. The van der Waals surface area contributed by atoms with Crippen LogP contribution in [0.2, 0.25) is 0 Å². The van der Waals surface area contributed by atoms with Gasteiger partial charge in [-0.15, -0.1) is 0 Å². The molecule has 0 amide bonds. The quantitative estimate of drug-likeness (QED) is 0.563. The Morgan fingerprint density at radius 3 is 2.54 bits per heavy atom. The van der Waals surface area contributed by atoms with Crippen LogP contribution in [0.25, 0.3) is 0 Å². The van der Waals surface area contributed by atoms with E-state index in [1.54, 1.807) is 4.31 Å². The summed E-state index contributed by atoms with van der Waals surface area (Å²) in [6.45, 7) is 6.65. The van der Waals surface area contributed by atoms with E-state index in [0.29, 0.717) is 25.0 Å². The maximum atomic E-state index is 12.5. The van der Waals surface area contributed by atoms with Gasteiger partial charge < -0.3 is 10.2 Å². The summed E-state index contributed by atoms with van der Waals surface area (Å²) < 4.78 is 26.6. The lowest BCUT2D eigenvalue weighted by atomic mass is 9.73. The first-order valence-electron chi connectivity index (χ1n) is 10.1. The van der Waals surface area contributed by atoms with Crippen LogP contribution in [0.4, 0.5) is 0 Å². The SMILES string of the molecule is CCNC(=NCCS(=O)(=O)N1CCSCC1)N1CCC2(CCCCC2)C1. The Hall–Kier alpha value is -0.470. The number of nitrogens with one attached hydrogen (secondary N) is 1. The lowest BCUT2D eigenvalue weighted by molar-refractivity contribution is 0.203. The van der Waals surface area contributed by atoms with Crippen LogP contribution < -0.4 is 5.32 Å². The molecule has 3 fully saturated rings. The molecule has 6 nitrogen and oxygen atoms in total. The monoisotopic (exact) mass is 402 g/mol. The highest BCUT2D eigenvalue weighted by atomic mass is 32.2. The van der Waals surface area contributed by atoms with Crippen LogP contribution in [0, 0.1) is 5.41 Å². The predicted octanol–water partition coefficient (Wildman–Crippen LogP) is 1.99. The van der Waals surface area contributed by atoms with Gasteiger partial charge in [-0.05, 0) is 31.6 Å². The van der Waals surface area contributed by atoms with Crippen molar-refractivity contribution in [2.24, 2.45) is 10.4 Å². The third-order valence-corrected chi connectivity index (χ3v) is 8.75. The zero-order chi connectivity index (χ0) is 18.5. The minimum atomic E-state index is -3.18. The second kappa shape index (κ2) is 9.15. The van der Waals surface area contributed by atoms with Gasteiger partial charge in [0, 0.05) is 44.2 Å². The minimum absolute atomic E-state index is 0.117. The summed E-state index contributed by atoms with van der Waals surface area (Å²) in [5, 5.41) is 3.38. The van der Waals surface area contributed by atoms with Crippen molar-refractivity contribution < 1.29 is 8.42 Å². The molecule has 0 aromatic rings. The first-order chi connectivity index (χ1) is 12.5. The molecule has 0 bridgehead atoms. The third kappa shape index (κ3) is 5.07. The second-order valence-electron chi connectivity index (χ2n) is 7.80. The molecular formula is C18H34N4O2S2. The predicted molar refractivity (Wildman–Crippen MR) is 110 cm³/mol. The molecule has 0 atom stereocenters. The summed E-state index contributed by atoms with van der Waals surface area (Å²) >= 11 is 1.83. The van der Waals surface area contributed by atoms with Crippen molar-refractivity contribution in [3.05, 3.63) is 0 Å². The Bertz CT molecular complexity index is 582. The summed E-state index contributed by atoms with van der Waals surface area (Å²) in [5.41, 5.74) is 0.478. The molecular weight excluding hydrogens is 368 g/mol. The summed E-state index contributed by atoms with van der Waals surface area (Å²) in [4.78, 5) is 7.03. The number of thioether (sulfide) groups is 1. The number of aliphatic imine (C=N–C) groups is 1. The van der Waals surface area contributed by atoms with Crippen LogP contribution in [0.1, 0.15) is 45.4 Å². The molecule has 8 heteroatoms. The smallest absolute Gasteiger partial charge is 0.215 e. The van der Waals surface area contributed by atoms with E-state index in [1.165, 1.54) is 38.5 Å². The van der Waals surface area contributed by atoms with Crippen LogP contribution in [-0.2, 0) is 10.0 Å². The summed E-state index contributed by atoms with van der Waals surface area (Å²) in [6, 6.07) is 0. The molecule has 2 heterocycles. The van der Waals surface area contributed by atoms with Gasteiger partial charge in [0.25, 0.3) is 0 Å². The number of hydrogen-bond donors (Lipinski definition) is 1. The number of nitrogens with zero attached hydrogens (tertiary/aromatic N) is 3. The normalized spacial score (nSPS) is 25.0. The van der Waals surface area contributed by atoms with Gasteiger partial charge in [0.2, 0.25) is 10.0 Å². The largest absolute Gasteiger partial charge is 0.357 e. The summed E-state index contributed by atoms with van der Waals surface area (Å²) in [6.07, 6.45) is 8.01. The molecule has 26 heavy (non-hydrogen) atoms. The Labute approximate surface area is 163 Å². The summed E-state index contributed by atoms with van der Waals surface area (Å²) in [7, 11) is -3.18. The first kappa shape index (κ1) is 20.3. The molecule has 1 saturated carbocycles. The Morgan fingerprint density at radius 2 is 1.85 bits per heavy atom. The highest BCUT2D eigenvalue weighted by Gasteiger charge is 2.39. The molecule has 1 aliphatic carbocycles. The minimum Gasteiger partial charge on any atom is -0.357 e. The third-order valence-electron chi connectivity index (χ3n) is 5.96. The Kier molecular flexibility index (Phi) is 7.13. The molecule has 1 spiro atoms. The molecule has 0 radical (unpaired) electrons. The van der Waals surface area contributed by atoms with Crippen molar-refractivity contribution in [2.75, 3.05) is 56.5 Å². The van der Waals surface area contributed by atoms with Crippen LogP contribution in [0.3, 0.4) is 0 Å².